The Kier molecular flexibility index (Phi) is 25.3. The molecule has 2 nitrogen and oxygen atoms in total. The van der Waals surface area contributed by atoms with Crippen LogP contribution in [0.3, 0.4) is 0 Å². The monoisotopic (exact) mass is 438 g/mol. The fraction of sp³-hybridized carbons (Fsp3) is 0.966. The van der Waals surface area contributed by atoms with Gasteiger partial charge in [-0.15, -0.1) is 0 Å². The van der Waals surface area contributed by atoms with Gasteiger partial charge in [0, 0.05) is 6.92 Å². The van der Waals surface area contributed by atoms with Gasteiger partial charge in [-0.1, -0.05) is 148 Å². The molecule has 0 rings (SSSR count). The second-order valence-electron chi connectivity index (χ2n) is 9.99. The first kappa shape index (κ1) is 30.5. The largest absolute Gasteiger partial charge is 0.463 e. The molecule has 0 N–H and O–H groups in total. The molecule has 0 fully saturated rings. The molecule has 0 aromatic heterocycles. The molecular formula is C29H58O2. The van der Waals surface area contributed by atoms with Crippen LogP contribution in [0.5, 0.6) is 0 Å². The van der Waals surface area contributed by atoms with Crippen molar-refractivity contribution in [2.24, 2.45) is 0 Å². The molecule has 0 bridgehead atoms. The number of rotatable bonds is 25. The summed E-state index contributed by atoms with van der Waals surface area (Å²) in [5.41, 5.74) is 0. The zero-order chi connectivity index (χ0) is 22.8. The predicted octanol–water partition coefficient (Wildman–Crippen LogP) is 10.3. The van der Waals surface area contributed by atoms with Crippen molar-refractivity contribution in [3.8, 4) is 0 Å². The van der Waals surface area contributed by atoms with Gasteiger partial charge >= 0.3 is 5.97 Å². The van der Waals surface area contributed by atoms with Gasteiger partial charge in [-0.3, -0.25) is 4.79 Å². The van der Waals surface area contributed by atoms with E-state index in [1.54, 1.807) is 0 Å². The molecule has 0 saturated heterocycles. The minimum atomic E-state index is -0.151. The molecule has 1 atom stereocenters. The summed E-state index contributed by atoms with van der Waals surface area (Å²) in [4.78, 5) is 10.9. The van der Waals surface area contributed by atoms with Crippen molar-refractivity contribution in [3.63, 3.8) is 0 Å². The van der Waals surface area contributed by atoms with Gasteiger partial charge < -0.3 is 4.74 Å². The lowest BCUT2D eigenvalue weighted by molar-refractivity contribution is -0.145. The fourth-order valence-electron chi connectivity index (χ4n) is 4.56. The predicted molar refractivity (Wildman–Crippen MR) is 138 cm³/mol. The maximum atomic E-state index is 10.9. The highest BCUT2D eigenvalue weighted by Gasteiger charge is 2.04. The molecule has 0 aromatic rings. The zero-order valence-corrected chi connectivity index (χ0v) is 21.9. The third-order valence-electron chi connectivity index (χ3n) is 6.58. The number of hydrogen-bond acceptors (Lipinski definition) is 2. The van der Waals surface area contributed by atoms with Crippen LogP contribution < -0.4 is 0 Å². The third kappa shape index (κ3) is 27.4. The molecule has 0 aliphatic rings. The van der Waals surface area contributed by atoms with Gasteiger partial charge in [0.05, 0.1) is 6.10 Å². The van der Waals surface area contributed by atoms with Gasteiger partial charge in [0.25, 0.3) is 0 Å². The second kappa shape index (κ2) is 25.7. The van der Waals surface area contributed by atoms with E-state index in [0.29, 0.717) is 0 Å². The molecule has 186 valence electrons. The van der Waals surface area contributed by atoms with Crippen molar-refractivity contribution < 1.29 is 9.53 Å². The Bertz CT molecular complexity index is 353. The van der Waals surface area contributed by atoms with E-state index >= 15 is 0 Å². The van der Waals surface area contributed by atoms with E-state index in [1.165, 1.54) is 155 Å². The number of esters is 1. The van der Waals surface area contributed by atoms with Crippen LogP contribution in [-0.4, -0.2) is 12.1 Å². The lowest BCUT2D eigenvalue weighted by atomic mass is 10.0. The highest BCUT2D eigenvalue weighted by atomic mass is 16.5. The van der Waals surface area contributed by atoms with Crippen molar-refractivity contribution in [2.75, 3.05) is 0 Å². The van der Waals surface area contributed by atoms with E-state index in [1.807, 2.05) is 6.92 Å². The Labute approximate surface area is 196 Å². The normalized spacial score (nSPS) is 12.2. The van der Waals surface area contributed by atoms with Crippen LogP contribution in [0.1, 0.15) is 175 Å². The van der Waals surface area contributed by atoms with Crippen LogP contribution in [-0.2, 0) is 9.53 Å². The summed E-state index contributed by atoms with van der Waals surface area (Å²) in [7, 11) is 0. The SMILES string of the molecule is CCCCCCCCCCCCCCCCCCCCCCCCCC(C)OC(C)=O. The van der Waals surface area contributed by atoms with Crippen molar-refractivity contribution in [1.82, 2.24) is 0 Å². The number of hydrogen-bond donors (Lipinski definition) is 0. The molecule has 0 heterocycles. The first-order chi connectivity index (χ1) is 15.2. The van der Waals surface area contributed by atoms with E-state index in [-0.39, 0.29) is 12.1 Å². The lowest BCUT2D eigenvalue weighted by Crippen LogP contribution is -2.11. The standard InChI is InChI=1S/C29H58O2/c1-4-5-6-7-8-9-10-11-12-13-14-15-16-17-18-19-20-21-22-23-24-25-26-27-28(2)31-29(3)30/h28H,4-27H2,1-3H3. The molecule has 0 spiro atoms. The number of unbranched alkanes of at least 4 members (excludes halogenated alkanes) is 22. The number of ether oxygens (including phenoxy) is 1. The summed E-state index contributed by atoms with van der Waals surface area (Å²) in [6.07, 6.45) is 33.8. The molecular weight excluding hydrogens is 380 g/mol. The summed E-state index contributed by atoms with van der Waals surface area (Å²) < 4.78 is 5.16. The quantitative estimate of drug-likeness (QED) is 0.105. The van der Waals surface area contributed by atoms with E-state index in [4.69, 9.17) is 4.74 Å². The van der Waals surface area contributed by atoms with Crippen LogP contribution in [0.25, 0.3) is 0 Å². The minimum Gasteiger partial charge on any atom is -0.463 e. The summed E-state index contributed by atoms with van der Waals surface area (Å²) in [6.45, 7) is 5.79. The maximum absolute atomic E-state index is 10.9. The molecule has 0 aliphatic heterocycles. The summed E-state index contributed by atoms with van der Waals surface area (Å²) in [5.74, 6) is -0.151. The van der Waals surface area contributed by atoms with Gasteiger partial charge in [0.1, 0.15) is 0 Å². The molecule has 31 heavy (non-hydrogen) atoms. The fourth-order valence-corrected chi connectivity index (χ4v) is 4.56. The highest BCUT2D eigenvalue weighted by Crippen LogP contribution is 2.16. The van der Waals surface area contributed by atoms with Crippen molar-refractivity contribution in [2.45, 2.75) is 181 Å². The molecule has 0 amide bonds. The Morgan fingerprint density at radius 1 is 0.516 bits per heavy atom. The average Bonchev–Trinajstić information content (AvgIpc) is 2.73. The molecule has 2 heteroatoms. The average molecular weight is 439 g/mol. The Morgan fingerprint density at radius 3 is 1.03 bits per heavy atom. The van der Waals surface area contributed by atoms with E-state index in [0.717, 1.165) is 6.42 Å². The van der Waals surface area contributed by atoms with Gasteiger partial charge in [0.2, 0.25) is 0 Å². The van der Waals surface area contributed by atoms with Gasteiger partial charge in [-0.25, -0.2) is 0 Å². The Balaban J connectivity index is 3.06. The summed E-state index contributed by atoms with van der Waals surface area (Å²) in [5, 5.41) is 0. The molecule has 0 aromatic carbocycles. The van der Waals surface area contributed by atoms with Crippen LogP contribution >= 0.6 is 0 Å². The molecule has 0 saturated carbocycles. The van der Waals surface area contributed by atoms with Crippen LogP contribution in [0.15, 0.2) is 0 Å². The van der Waals surface area contributed by atoms with Crippen LogP contribution in [0.4, 0.5) is 0 Å². The molecule has 0 radical (unpaired) electrons. The topological polar surface area (TPSA) is 26.3 Å². The first-order valence-corrected chi connectivity index (χ1v) is 14.3. The minimum absolute atomic E-state index is 0.0902. The summed E-state index contributed by atoms with van der Waals surface area (Å²) in [6, 6.07) is 0. The van der Waals surface area contributed by atoms with E-state index < -0.39 is 0 Å². The van der Waals surface area contributed by atoms with Gasteiger partial charge in [0.15, 0.2) is 0 Å². The maximum Gasteiger partial charge on any atom is 0.302 e. The Morgan fingerprint density at radius 2 is 0.774 bits per heavy atom. The lowest BCUT2D eigenvalue weighted by Gasteiger charge is -2.11. The first-order valence-electron chi connectivity index (χ1n) is 14.3. The van der Waals surface area contributed by atoms with Crippen LogP contribution in [0.2, 0.25) is 0 Å². The molecule has 0 aliphatic carbocycles. The van der Waals surface area contributed by atoms with Crippen molar-refractivity contribution in [3.05, 3.63) is 0 Å². The molecule has 1 unspecified atom stereocenters. The Hall–Kier alpha value is -0.530. The summed E-state index contributed by atoms with van der Waals surface area (Å²) >= 11 is 0. The van der Waals surface area contributed by atoms with Gasteiger partial charge in [-0.05, 0) is 19.8 Å². The third-order valence-corrected chi connectivity index (χ3v) is 6.58. The van der Waals surface area contributed by atoms with Gasteiger partial charge in [-0.2, -0.15) is 0 Å². The smallest absolute Gasteiger partial charge is 0.302 e. The second-order valence-corrected chi connectivity index (χ2v) is 9.99. The van der Waals surface area contributed by atoms with Crippen LogP contribution in [0, 0.1) is 0 Å². The van der Waals surface area contributed by atoms with E-state index in [2.05, 4.69) is 6.92 Å². The van der Waals surface area contributed by atoms with Crippen molar-refractivity contribution >= 4 is 5.97 Å². The highest BCUT2D eigenvalue weighted by molar-refractivity contribution is 5.66. The number of carbonyl (C=O) groups is 1. The van der Waals surface area contributed by atoms with E-state index in [9.17, 15) is 4.79 Å². The number of carbonyl (C=O) groups excluding carboxylic acids is 1. The van der Waals surface area contributed by atoms with Crippen molar-refractivity contribution in [1.29, 1.82) is 0 Å². The zero-order valence-electron chi connectivity index (χ0n) is 21.9.